The van der Waals surface area contributed by atoms with E-state index in [1.807, 2.05) is 19.9 Å². The summed E-state index contributed by atoms with van der Waals surface area (Å²) in [6.45, 7) is 3.97. The fourth-order valence-electron chi connectivity index (χ4n) is 1.55. The Labute approximate surface area is 86.3 Å². The van der Waals surface area contributed by atoms with E-state index in [4.69, 9.17) is 11.6 Å². The van der Waals surface area contributed by atoms with Gasteiger partial charge in [0.1, 0.15) is 5.52 Å². The molecule has 0 fully saturated rings. The van der Waals surface area contributed by atoms with Gasteiger partial charge in [0, 0.05) is 6.04 Å². The highest BCUT2D eigenvalue weighted by Gasteiger charge is 2.13. The van der Waals surface area contributed by atoms with Crippen LogP contribution in [0.5, 0.6) is 0 Å². The molecular formula is C10H10ClFN2. The molecule has 1 heterocycles. The molecule has 0 amide bonds. The fraction of sp³-hybridized carbons (Fsp3) is 0.300. The minimum atomic E-state index is -0.330. The molecule has 2 rings (SSSR count). The molecule has 0 unspecified atom stereocenters. The van der Waals surface area contributed by atoms with Crippen LogP contribution in [0, 0.1) is 5.82 Å². The van der Waals surface area contributed by atoms with Gasteiger partial charge in [-0.2, -0.15) is 0 Å². The summed E-state index contributed by atoms with van der Waals surface area (Å²) in [4.78, 5) is 3.99. The lowest BCUT2D eigenvalue weighted by atomic mass is 10.3. The molecule has 2 nitrogen and oxygen atoms in total. The van der Waals surface area contributed by atoms with Crippen LogP contribution in [-0.2, 0) is 0 Å². The number of hydrogen-bond acceptors (Lipinski definition) is 1. The third-order valence-corrected chi connectivity index (χ3v) is 2.41. The molecule has 0 spiro atoms. The van der Waals surface area contributed by atoms with Gasteiger partial charge in [0.05, 0.1) is 5.52 Å². The summed E-state index contributed by atoms with van der Waals surface area (Å²) in [5.74, 6) is -0.330. The predicted molar refractivity (Wildman–Crippen MR) is 55.1 cm³/mol. The van der Waals surface area contributed by atoms with Crippen LogP contribution >= 0.6 is 11.6 Å². The van der Waals surface area contributed by atoms with Crippen molar-refractivity contribution < 1.29 is 4.39 Å². The van der Waals surface area contributed by atoms with E-state index in [0.29, 0.717) is 10.8 Å². The molecule has 0 saturated heterocycles. The number of fused-ring (bicyclic) bond motifs is 1. The van der Waals surface area contributed by atoms with Crippen molar-refractivity contribution in [3.8, 4) is 0 Å². The maximum absolute atomic E-state index is 13.3. The zero-order chi connectivity index (χ0) is 10.3. The molecule has 0 N–H and O–H groups in total. The minimum absolute atomic E-state index is 0.175. The van der Waals surface area contributed by atoms with Gasteiger partial charge in [0.25, 0.3) is 0 Å². The number of benzene rings is 1. The second-order valence-electron chi connectivity index (χ2n) is 3.45. The Morgan fingerprint density at radius 2 is 2.14 bits per heavy atom. The third-order valence-electron chi connectivity index (χ3n) is 2.14. The molecule has 2 aromatic rings. The zero-order valence-electron chi connectivity index (χ0n) is 7.96. The number of rotatable bonds is 1. The zero-order valence-corrected chi connectivity index (χ0v) is 8.72. The Hall–Kier alpha value is -1.09. The second-order valence-corrected chi connectivity index (χ2v) is 3.79. The molecule has 1 aromatic carbocycles. The van der Waals surface area contributed by atoms with Crippen molar-refractivity contribution in [2.45, 2.75) is 19.9 Å². The van der Waals surface area contributed by atoms with Crippen LogP contribution in [-0.4, -0.2) is 9.55 Å². The lowest BCUT2D eigenvalue weighted by Gasteiger charge is -2.08. The van der Waals surface area contributed by atoms with E-state index in [9.17, 15) is 4.39 Å². The van der Waals surface area contributed by atoms with Crippen LogP contribution < -0.4 is 0 Å². The van der Waals surface area contributed by atoms with Crippen LogP contribution in [0.15, 0.2) is 18.2 Å². The minimum Gasteiger partial charge on any atom is -0.312 e. The number of halogens is 2. The van der Waals surface area contributed by atoms with Crippen LogP contribution in [0.4, 0.5) is 4.39 Å². The highest BCUT2D eigenvalue weighted by Crippen LogP contribution is 2.25. The van der Waals surface area contributed by atoms with Crippen molar-refractivity contribution in [1.82, 2.24) is 9.55 Å². The van der Waals surface area contributed by atoms with Gasteiger partial charge in [-0.05, 0) is 37.6 Å². The Bertz CT molecular complexity index is 476. The Morgan fingerprint density at radius 1 is 1.43 bits per heavy atom. The fourth-order valence-corrected chi connectivity index (χ4v) is 1.92. The predicted octanol–water partition coefficient (Wildman–Crippen LogP) is 3.41. The summed E-state index contributed by atoms with van der Waals surface area (Å²) in [5.41, 5.74) is 1.08. The van der Waals surface area contributed by atoms with E-state index in [1.165, 1.54) is 6.07 Å². The number of aromatic nitrogens is 2. The Morgan fingerprint density at radius 3 is 2.79 bits per heavy atom. The van der Waals surface area contributed by atoms with Crippen molar-refractivity contribution in [3.05, 3.63) is 29.3 Å². The topological polar surface area (TPSA) is 17.8 Å². The Kier molecular flexibility index (Phi) is 2.19. The summed E-state index contributed by atoms with van der Waals surface area (Å²) in [7, 11) is 0. The normalized spacial score (nSPS) is 11.5. The molecule has 0 aliphatic heterocycles. The number of hydrogen-bond donors (Lipinski definition) is 0. The van der Waals surface area contributed by atoms with E-state index in [1.54, 1.807) is 10.6 Å². The van der Waals surface area contributed by atoms with Gasteiger partial charge in [-0.25, -0.2) is 9.37 Å². The van der Waals surface area contributed by atoms with E-state index in [0.717, 1.165) is 5.52 Å². The SMILES string of the molecule is CC(C)n1c(Cl)nc2c(F)cccc21. The molecule has 0 radical (unpaired) electrons. The summed E-state index contributed by atoms with van der Waals surface area (Å²) in [6, 6.07) is 5.04. The van der Waals surface area contributed by atoms with Gasteiger partial charge in [0.15, 0.2) is 5.82 Å². The van der Waals surface area contributed by atoms with E-state index >= 15 is 0 Å². The van der Waals surface area contributed by atoms with Crippen molar-refractivity contribution in [1.29, 1.82) is 0 Å². The second kappa shape index (κ2) is 3.24. The standard InChI is InChI=1S/C10H10ClFN2/c1-6(2)14-8-5-3-4-7(12)9(8)13-10(14)11/h3-6H,1-2H3. The van der Waals surface area contributed by atoms with Gasteiger partial charge in [-0.1, -0.05) is 6.07 Å². The first kappa shape index (κ1) is 9.46. The molecule has 0 aliphatic rings. The van der Waals surface area contributed by atoms with Gasteiger partial charge in [-0.3, -0.25) is 0 Å². The van der Waals surface area contributed by atoms with Gasteiger partial charge in [-0.15, -0.1) is 0 Å². The first-order valence-electron chi connectivity index (χ1n) is 4.43. The molecule has 74 valence electrons. The molecule has 0 atom stereocenters. The summed E-state index contributed by atoms with van der Waals surface area (Å²) < 4.78 is 15.1. The van der Waals surface area contributed by atoms with Crippen LogP contribution in [0.3, 0.4) is 0 Å². The molecule has 0 aliphatic carbocycles. The number of para-hydroxylation sites is 1. The smallest absolute Gasteiger partial charge is 0.204 e. The average molecular weight is 213 g/mol. The highest BCUT2D eigenvalue weighted by molar-refractivity contribution is 6.29. The molecule has 0 bridgehead atoms. The first-order valence-corrected chi connectivity index (χ1v) is 4.81. The van der Waals surface area contributed by atoms with Crippen LogP contribution in [0.25, 0.3) is 11.0 Å². The van der Waals surface area contributed by atoms with Crippen molar-refractivity contribution in [2.24, 2.45) is 0 Å². The maximum atomic E-state index is 13.3. The van der Waals surface area contributed by atoms with Gasteiger partial charge < -0.3 is 4.57 Å². The maximum Gasteiger partial charge on any atom is 0.204 e. The number of imidazole rings is 1. The first-order chi connectivity index (χ1) is 6.61. The van der Waals surface area contributed by atoms with Crippen molar-refractivity contribution >= 4 is 22.6 Å². The lowest BCUT2D eigenvalue weighted by Crippen LogP contribution is -1.99. The van der Waals surface area contributed by atoms with Crippen LogP contribution in [0.1, 0.15) is 19.9 Å². The molecular weight excluding hydrogens is 203 g/mol. The van der Waals surface area contributed by atoms with Crippen LogP contribution in [0.2, 0.25) is 5.28 Å². The molecule has 1 aromatic heterocycles. The van der Waals surface area contributed by atoms with Crippen molar-refractivity contribution in [2.75, 3.05) is 0 Å². The summed E-state index contributed by atoms with van der Waals surface area (Å²) >= 11 is 5.92. The van der Waals surface area contributed by atoms with E-state index in [2.05, 4.69) is 4.98 Å². The monoisotopic (exact) mass is 212 g/mol. The summed E-state index contributed by atoms with van der Waals surface area (Å²) in [5, 5.41) is 0.333. The molecule has 4 heteroatoms. The number of nitrogens with zero attached hydrogens (tertiary/aromatic N) is 2. The highest BCUT2D eigenvalue weighted by atomic mass is 35.5. The molecule has 0 saturated carbocycles. The average Bonchev–Trinajstić information content (AvgIpc) is 2.42. The van der Waals surface area contributed by atoms with Crippen molar-refractivity contribution in [3.63, 3.8) is 0 Å². The van der Waals surface area contributed by atoms with E-state index in [-0.39, 0.29) is 11.9 Å². The Balaban J connectivity index is 2.83. The lowest BCUT2D eigenvalue weighted by molar-refractivity contribution is 0.617. The largest absolute Gasteiger partial charge is 0.312 e. The third kappa shape index (κ3) is 1.28. The van der Waals surface area contributed by atoms with Gasteiger partial charge in [0.2, 0.25) is 5.28 Å². The van der Waals surface area contributed by atoms with Gasteiger partial charge >= 0.3 is 0 Å². The molecule has 14 heavy (non-hydrogen) atoms. The summed E-state index contributed by atoms with van der Waals surface area (Å²) in [6.07, 6.45) is 0. The quantitative estimate of drug-likeness (QED) is 0.709. The van der Waals surface area contributed by atoms with E-state index < -0.39 is 0 Å².